The molecule has 4 nitrogen and oxygen atoms in total. The van der Waals surface area contributed by atoms with E-state index in [4.69, 9.17) is 21.4 Å². The molecule has 2 aromatic carbocycles. The maximum atomic E-state index is 10.7. The summed E-state index contributed by atoms with van der Waals surface area (Å²) in [5.74, 6) is 0.0426. The van der Waals surface area contributed by atoms with Crippen molar-refractivity contribution in [3.8, 4) is 5.75 Å². The fourth-order valence-corrected chi connectivity index (χ4v) is 2.59. The number of benzene rings is 2. The van der Waals surface area contributed by atoms with Crippen LogP contribution in [0.3, 0.4) is 0 Å². The lowest BCUT2D eigenvalue weighted by molar-refractivity contribution is 0.0696. The summed E-state index contributed by atoms with van der Waals surface area (Å²) < 4.78 is 5.43. The second-order valence-electron chi connectivity index (χ2n) is 4.56. The Bertz CT molecular complexity index is 613. The molecule has 0 saturated carbocycles. The van der Waals surface area contributed by atoms with Crippen molar-refractivity contribution in [3.05, 3.63) is 59.1 Å². The number of carboxylic acid groups (broad SMARTS) is 1. The second-order valence-corrected chi connectivity index (χ2v) is 6.09. The highest BCUT2D eigenvalue weighted by Crippen LogP contribution is 2.21. The van der Waals surface area contributed by atoms with E-state index in [9.17, 15) is 9.90 Å². The molecule has 0 aliphatic heterocycles. The predicted octanol–water partition coefficient (Wildman–Crippen LogP) is 3.57. The van der Waals surface area contributed by atoms with Crippen LogP contribution in [0.25, 0.3) is 0 Å². The first-order chi connectivity index (χ1) is 10.5. The van der Waals surface area contributed by atoms with Crippen LogP contribution < -0.4 is 4.74 Å². The summed E-state index contributed by atoms with van der Waals surface area (Å²) in [5.41, 5.74) is 0.200. The zero-order valence-corrected chi connectivity index (χ0v) is 13.2. The van der Waals surface area contributed by atoms with Gasteiger partial charge >= 0.3 is 5.97 Å². The molecule has 2 rings (SSSR count). The molecule has 1 unspecified atom stereocenters. The minimum absolute atomic E-state index is 0.146. The van der Waals surface area contributed by atoms with Crippen molar-refractivity contribution in [1.29, 1.82) is 0 Å². The molecule has 0 heterocycles. The number of carboxylic acids is 1. The molecule has 1 atom stereocenters. The minimum atomic E-state index is -0.981. The largest absolute Gasteiger partial charge is 0.491 e. The monoisotopic (exact) mass is 338 g/mol. The topological polar surface area (TPSA) is 66.8 Å². The van der Waals surface area contributed by atoms with Crippen molar-refractivity contribution in [2.24, 2.45) is 0 Å². The smallest absolute Gasteiger partial charge is 0.335 e. The Morgan fingerprint density at radius 1 is 1.14 bits per heavy atom. The van der Waals surface area contributed by atoms with Gasteiger partial charge in [-0.2, -0.15) is 0 Å². The third kappa shape index (κ3) is 5.26. The van der Waals surface area contributed by atoms with Crippen molar-refractivity contribution in [3.63, 3.8) is 0 Å². The first kappa shape index (κ1) is 16.7. The Morgan fingerprint density at radius 3 is 2.36 bits per heavy atom. The van der Waals surface area contributed by atoms with Gasteiger partial charge in [-0.3, -0.25) is 0 Å². The number of carbonyl (C=O) groups is 1. The number of hydrogen-bond acceptors (Lipinski definition) is 4. The third-order valence-corrected chi connectivity index (χ3v) is 4.21. The van der Waals surface area contributed by atoms with Crippen LogP contribution in [0.4, 0.5) is 0 Å². The fraction of sp³-hybridized carbons (Fsp3) is 0.188. The van der Waals surface area contributed by atoms with Gasteiger partial charge in [-0.15, -0.1) is 11.8 Å². The van der Waals surface area contributed by atoms with Gasteiger partial charge in [0.25, 0.3) is 0 Å². The maximum absolute atomic E-state index is 10.7. The summed E-state index contributed by atoms with van der Waals surface area (Å²) >= 11 is 7.32. The molecule has 0 radical (unpaired) electrons. The highest BCUT2D eigenvalue weighted by Gasteiger charge is 2.07. The van der Waals surface area contributed by atoms with E-state index in [0.717, 1.165) is 4.90 Å². The molecule has 2 aromatic rings. The maximum Gasteiger partial charge on any atom is 0.335 e. The SMILES string of the molecule is O=C(O)c1ccc(OCC(O)CSc2ccc(Cl)cc2)cc1. The molecule has 0 aliphatic carbocycles. The van der Waals surface area contributed by atoms with E-state index in [0.29, 0.717) is 16.5 Å². The van der Waals surface area contributed by atoms with Crippen LogP contribution in [0.2, 0.25) is 5.02 Å². The molecule has 6 heteroatoms. The standard InChI is InChI=1S/C16H15ClO4S/c17-12-3-7-15(8-4-12)22-10-13(18)9-21-14-5-1-11(2-6-14)16(19)20/h1-8,13,18H,9-10H2,(H,19,20). The summed E-state index contributed by atoms with van der Waals surface area (Å²) in [7, 11) is 0. The molecule has 22 heavy (non-hydrogen) atoms. The number of aliphatic hydroxyl groups is 1. The van der Waals surface area contributed by atoms with Gasteiger partial charge in [0.1, 0.15) is 12.4 Å². The Hall–Kier alpha value is -1.69. The Kier molecular flexibility index (Phi) is 6.12. The molecule has 0 spiro atoms. The fourth-order valence-electron chi connectivity index (χ4n) is 1.66. The third-order valence-electron chi connectivity index (χ3n) is 2.80. The van der Waals surface area contributed by atoms with Crippen LogP contribution in [-0.4, -0.2) is 34.6 Å². The number of halogens is 1. The zero-order chi connectivity index (χ0) is 15.9. The van der Waals surface area contributed by atoms with E-state index in [1.54, 1.807) is 24.3 Å². The van der Waals surface area contributed by atoms with Gasteiger partial charge in [-0.25, -0.2) is 4.79 Å². The van der Waals surface area contributed by atoms with Crippen molar-refractivity contribution in [2.75, 3.05) is 12.4 Å². The van der Waals surface area contributed by atoms with Gasteiger partial charge in [0.05, 0.1) is 11.7 Å². The van der Waals surface area contributed by atoms with Crippen molar-refractivity contribution in [2.45, 2.75) is 11.0 Å². The summed E-state index contributed by atoms with van der Waals surface area (Å²) in [6.07, 6.45) is -0.625. The van der Waals surface area contributed by atoms with Crippen LogP contribution in [0.1, 0.15) is 10.4 Å². The predicted molar refractivity (Wildman–Crippen MR) is 87.1 cm³/mol. The first-order valence-corrected chi connectivity index (χ1v) is 7.93. The van der Waals surface area contributed by atoms with Gasteiger partial charge < -0.3 is 14.9 Å². The summed E-state index contributed by atoms with van der Waals surface area (Å²) in [6, 6.07) is 13.5. The number of ether oxygens (including phenoxy) is 1. The second kappa shape index (κ2) is 8.08. The zero-order valence-electron chi connectivity index (χ0n) is 11.6. The molecule has 116 valence electrons. The average molecular weight is 339 g/mol. The molecular formula is C16H15ClO4S. The summed E-state index contributed by atoms with van der Waals surface area (Å²) in [6.45, 7) is 0.146. The quantitative estimate of drug-likeness (QED) is 0.755. The van der Waals surface area contributed by atoms with Gasteiger partial charge in [0.2, 0.25) is 0 Å². The highest BCUT2D eigenvalue weighted by atomic mass is 35.5. The van der Waals surface area contributed by atoms with E-state index in [1.807, 2.05) is 12.1 Å². The van der Waals surface area contributed by atoms with Crippen molar-refractivity contribution in [1.82, 2.24) is 0 Å². The number of thioether (sulfide) groups is 1. The van der Waals surface area contributed by atoms with Gasteiger partial charge in [0.15, 0.2) is 0 Å². The van der Waals surface area contributed by atoms with E-state index in [1.165, 1.54) is 23.9 Å². The number of aromatic carboxylic acids is 1. The van der Waals surface area contributed by atoms with Crippen LogP contribution in [-0.2, 0) is 0 Å². The molecule has 0 aliphatic rings. The van der Waals surface area contributed by atoms with Crippen LogP contribution >= 0.6 is 23.4 Å². The molecule has 0 aromatic heterocycles. The lowest BCUT2D eigenvalue weighted by atomic mass is 10.2. The molecule has 0 fully saturated rings. The normalized spacial score (nSPS) is 11.9. The lowest BCUT2D eigenvalue weighted by Gasteiger charge is -2.12. The average Bonchev–Trinajstić information content (AvgIpc) is 2.52. The van der Waals surface area contributed by atoms with Crippen molar-refractivity contribution < 1.29 is 19.7 Å². The molecule has 0 amide bonds. The number of aliphatic hydroxyl groups excluding tert-OH is 1. The number of hydrogen-bond donors (Lipinski definition) is 2. The Labute approximate surface area is 137 Å². The van der Waals surface area contributed by atoms with Gasteiger partial charge in [-0.1, -0.05) is 11.6 Å². The minimum Gasteiger partial charge on any atom is -0.491 e. The lowest BCUT2D eigenvalue weighted by Crippen LogP contribution is -2.20. The van der Waals surface area contributed by atoms with E-state index in [2.05, 4.69) is 0 Å². The highest BCUT2D eigenvalue weighted by molar-refractivity contribution is 7.99. The first-order valence-electron chi connectivity index (χ1n) is 6.57. The van der Waals surface area contributed by atoms with E-state index >= 15 is 0 Å². The molecule has 0 saturated heterocycles. The molecule has 2 N–H and O–H groups in total. The number of rotatable bonds is 7. The van der Waals surface area contributed by atoms with E-state index < -0.39 is 12.1 Å². The summed E-state index contributed by atoms with van der Waals surface area (Å²) in [4.78, 5) is 11.7. The van der Waals surface area contributed by atoms with E-state index in [-0.39, 0.29) is 12.2 Å². The van der Waals surface area contributed by atoms with Crippen molar-refractivity contribution >= 4 is 29.3 Å². The van der Waals surface area contributed by atoms with Crippen LogP contribution in [0.15, 0.2) is 53.4 Å². The summed E-state index contributed by atoms with van der Waals surface area (Å²) in [5, 5.41) is 19.4. The molecule has 0 bridgehead atoms. The Morgan fingerprint density at radius 2 is 1.77 bits per heavy atom. The van der Waals surface area contributed by atoms with Crippen LogP contribution in [0.5, 0.6) is 5.75 Å². The van der Waals surface area contributed by atoms with Gasteiger partial charge in [-0.05, 0) is 48.5 Å². The molecular weight excluding hydrogens is 324 g/mol. The van der Waals surface area contributed by atoms with Crippen LogP contribution in [0, 0.1) is 0 Å². The van der Waals surface area contributed by atoms with Gasteiger partial charge in [0, 0.05) is 15.7 Å². The Balaban J connectivity index is 1.76.